The van der Waals surface area contributed by atoms with Gasteiger partial charge < -0.3 is 4.42 Å². The largest absolute Gasteiger partial charge is 0.460 e. The zero-order chi connectivity index (χ0) is 19.5. The zero-order valence-electron chi connectivity index (χ0n) is 15.0. The molecule has 0 aliphatic carbocycles. The number of carbonyl (C=O) groups excluding carboxylic acids is 1. The van der Waals surface area contributed by atoms with Crippen molar-refractivity contribution in [1.82, 2.24) is 5.01 Å². The zero-order valence-corrected chi connectivity index (χ0v) is 15.8. The van der Waals surface area contributed by atoms with E-state index in [-0.39, 0.29) is 11.6 Å². The fraction of sp³-hybridized carbons (Fsp3) is 0.0455. The molecule has 0 radical (unpaired) electrons. The van der Waals surface area contributed by atoms with Crippen LogP contribution in [0.4, 0.5) is 0 Å². The number of nitrogens with zero attached hydrogens (tertiary/aromatic N) is 3. The summed E-state index contributed by atoms with van der Waals surface area (Å²) in [6.07, 6.45) is 3.17. The number of hydrogen-bond donors (Lipinski definition) is 0. The Morgan fingerprint density at radius 3 is 2.50 bits per heavy atom. The molecule has 2 heterocycles. The maximum Gasteiger partial charge on any atom is 0.298 e. The smallest absolute Gasteiger partial charge is 0.298 e. The molecular formula is C22H16ClN3O2. The number of amidine groups is 1. The molecule has 1 aliphatic heterocycles. The second-order valence-electron chi connectivity index (χ2n) is 6.16. The van der Waals surface area contributed by atoms with Crippen molar-refractivity contribution in [3.8, 4) is 0 Å². The van der Waals surface area contributed by atoms with E-state index in [1.54, 1.807) is 18.2 Å². The summed E-state index contributed by atoms with van der Waals surface area (Å²) >= 11 is 6.22. The average Bonchev–Trinajstić information content (AvgIpc) is 3.26. The average molecular weight is 390 g/mol. The van der Waals surface area contributed by atoms with E-state index in [1.807, 2.05) is 61.5 Å². The third-order valence-corrected chi connectivity index (χ3v) is 4.47. The van der Waals surface area contributed by atoms with Crippen LogP contribution in [0.15, 0.2) is 86.9 Å². The van der Waals surface area contributed by atoms with Crippen LogP contribution in [0, 0.1) is 6.92 Å². The van der Waals surface area contributed by atoms with Gasteiger partial charge in [-0.2, -0.15) is 10.1 Å². The molecule has 138 valence electrons. The molecule has 3 aromatic rings. The number of benzene rings is 2. The highest BCUT2D eigenvalue weighted by atomic mass is 35.5. The molecule has 4 rings (SSSR count). The molecule has 6 heteroatoms. The summed E-state index contributed by atoms with van der Waals surface area (Å²) in [5.41, 5.74) is 1.77. The molecule has 1 aliphatic rings. The first-order valence-electron chi connectivity index (χ1n) is 8.67. The molecule has 2 aromatic carbocycles. The monoisotopic (exact) mass is 389 g/mol. The Bertz CT molecular complexity index is 1110. The van der Waals surface area contributed by atoms with Gasteiger partial charge in [-0.1, -0.05) is 60.1 Å². The number of halogens is 1. The summed E-state index contributed by atoms with van der Waals surface area (Å²) in [5, 5.41) is 6.14. The van der Waals surface area contributed by atoms with Gasteiger partial charge in [0.1, 0.15) is 17.2 Å². The number of aliphatic imine (C=N–C) groups is 1. The summed E-state index contributed by atoms with van der Waals surface area (Å²) in [6.45, 7) is 1.85. The minimum absolute atomic E-state index is 0.264. The first kappa shape index (κ1) is 17.9. The van der Waals surface area contributed by atoms with Crippen LogP contribution in [-0.2, 0) is 4.79 Å². The number of amides is 1. The third-order valence-electron chi connectivity index (χ3n) is 4.13. The van der Waals surface area contributed by atoms with Crippen LogP contribution >= 0.6 is 11.6 Å². The van der Waals surface area contributed by atoms with Gasteiger partial charge in [-0.05, 0) is 36.8 Å². The van der Waals surface area contributed by atoms with Crippen molar-refractivity contribution in [3.63, 3.8) is 0 Å². The van der Waals surface area contributed by atoms with E-state index in [4.69, 9.17) is 16.0 Å². The molecule has 1 aromatic heterocycles. The SMILES string of the molecule is Cc1ccc(/C=N/N2C(=O)/C(=C/c3ccccc3Cl)N=C2c2ccccc2)o1. The number of furan rings is 1. The summed E-state index contributed by atoms with van der Waals surface area (Å²) < 4.78 is 5.50. The number of carbonyl (C=O) groups is 1. The fourth-order valence-electron chi connectivity index (χ4n) is 2.77. The molecular weight excluding hydrogens is 374 g/mol. The normalized spacial score (nSPS) is 15.6. The lowest BCUT2D eigenvalue weighted by molar-refractivity contribution is -0.122. The standard InChI is InChI=1S/C22H16ClN3O2/c1-15-11-12-18(28-15)14-24-26-21(16-7-3-2-4-8-16)25-20(22(26)27)13-17-9-5-6-10-19(17)23/h2-14H,1H3/b20-13-,24-14+. The second kappa shape index (κ2) is 7.66. The summed E-state index contributed by atoms with van der Waals surface area (Å²) in [5.74, 6) is 1.44. The van der Waals surface area contributed by atoms with Gasteiger partial charge in [-0.3, -0.25) is 4.79 Å². The minimum Gasteiger partial charge on any atom is -0.460 e. The third kappa shape index (κ3) is 3.66. The Morgan fingerprint density at radius 2 is 1.79 bits per heavy atom. The van der Waals surface area contributed by atoms with E-state index in [2.05, 4.69) is 10.1 Å². The van der Waals surface area contributed by atoms with Crippen LogP contribution in [0.5, 0.6) is 0 Å². The van der Waals surface area contributed by atoms with Gasteiger partial charge in [0.25, 0.3) is 5.91 Å². The van der Waals surface area contributed by atoms with Gasteiger partial charge in [0.05, 0.1) is 6.21 Å². The minimum atomic E-state index is -0.335. The molecule has 0 bridgehead atoms. The van der Waals surface area contributed by atoms with Crippen molar-refractivity contribution in [2.45, 2.75) is 6.92 Å². The quantitative estimate of drug-likeness (QED) is 0.470. The van der Waals surface area contributed by atoms with Crippen LogP contribution in [0.1, 0.15) is 22.6 Å². The van der Waals surface area contributed by atoms with E-state index < -0.39 is 0 Å². The molecule has 0 spiro atoms. The Kier molecular flexibility index (Phi) is 4.91. The van der Waals surface area contributed by atoms with Crippen LogP contribution in [0.3, 0.4) is 0 Å². The maximum absolute atomic E-state index is 13.0. The molecule has 0 fully saturated rings. The van der Waals surface area contributed by atoms with Gasteiger partial charge in [-0.25, -0.2) is 4.99 Å². The van der Waals surface area contributed by atoms with Crippen molar-refractivity contribution in [2.24, 2.45) is 10.1 Å². The van der Waals surface area contributed by atoms with Crippen LogP contribution < -0.4 is 0 Å². The topological polar surface area (TPSA) is 58.2 Å². The molecule has 0 atom stereocenters. The van der Waals surface area contributed by atoms with E-state index in [1.165, 1.54) is 11.2 Å². The maximum atomic E-state index is 13.0. The Labute approximate surface area is 167 Å². The lowest BCUT2D eigenvalue weighted by Gasteiger charge is -2.11. The van der Waals surface area contributed by atoms with Crippen molar-refractivity contribution >= 4 is 35.6 Å². The molecule has 0 saturated carbocycles. The Hall–Kier alpha value is -3.44. The fourth-order valence-corrected chi connectivity index (χ4v) is 2.96. The molecule has 0 unspecified atom stereocenters. The second-order valence-corrected chi connectivity index (χ2v) is 6.57. The highest BCUT2D eigenvalue weighted by Gasteiger charge is 2.31. The lowest BCUT2D eigenvalue weighted by atomic mass is 10.2. The number of hydrogen-bond acceptors (Lipinski definition) is 4. The van der Waals surface area contributed by atoms with Crippen molar-refractivity contribution < 1.29 is 9.21 Å². The van der Waals surface area contributed by atoms with Crippen LogP contribution in [-0.4, -0.2) is 23.0 Å². The molecule has 28 heavy (non-hydrogen) atoms. The molecule has 5 nitrogen and oxygen atoms in total. The number of rotatable bonds is 4. The van der Waals surface area contributed by atoms with Crippen LogP contribution in [0.2, 0.25) is 5.02 Å². The van der Waals surface area contributed by atoms with Crippen molar-refractivity contribution in [3.05, 3.63) is 100 Å². The summed E-state index contributed by atoms with van der Waals surface area (Å²) in [4.78, 5) is 17.5. The van der Waals surface area contributed by atoms with Gasteiger partial charge in [0, 0.05) is 10.6 Å². The van der Waals surface area contributed by atoms with Crippen molar-refractivity contribution in [2.75, 3.05) is 0 Å². The highest BCUT2D eigenvalue weighted by molar-refractivity contribution is 6.32. The van der Waals surface area contributed by atoms with E-state index in [0.717, 1.165) is 16.9 Å². The first-order chi connectivity index (χ1) is 13.6. The first-order valence-corrected chi connectivity index (χ1v) is 9.05. The van der Waals surface area contributed by atoms with Crippen molar-refractivity contribution in [1.29, 1.82) is 0 Å². The highest BCUT2D eigenvalue weighted by Crippen LogP contribution is 2.25. The Morgan fingerprint density at radius 1 is 1.04 bits per heavy atom. The van der Waals surface area contributed by atoms with Crippen LogP contribution in [0.25, 0.3) is 6.08 Å². The van der Waals surface area contributed by atoms with E-state index in [0.29, 0.717) is 16.6 Å². The predicted molar refractivity (Wildman–Crippen MR) is 110 cm³/mol. The van der Waals surface area contributed by atoms with Gasteiger partial charge in [0.15, 0.2) is 5.84 Å². The van der Waals surface area contributed by atoms with Gasteiger partial charge >= 0.3 is 0 Å². The predicted octanol–water partition coefficient (Wildman–Crippen LogP) is 4.91. The molecule has 1 amide bonds. The van der Waals surface area contributed by atoms with E-state index >= 15 is 0 Å². The summed E-state index contributed by atoms with van der Waals surface area (Å²) in [6, 6.07) is 20.3. The molecule has 0 N–H and O–H groups in total. The number of hydrazone groups is 1. The van der Waals surface area contributed by atoms with Gasteiger partial charge in [0.2, 0.25) is 0 Å². The Balaban J connectivity index is 1.74. The van der Waals surface area contributed by atoms with Gasteiger partial charge in [-0.15, -0.1) is 0 Å². The van der Waals surface area contributed by atoms with E-state index in [9.17, 15) is 4.79 Å². The number of aryl methyl sites for hydroxylation is 1. The molecule has 0 saturated heterocycles. The summed E-state index contributed by atoms with van der Waals surface area (Å²) in [7, 11) is 0. The lowest BCUT2D eigenvalue weighted by Crippen LogP contribution is -2.27.